The van der Waals surface area contributed by atoms with E-state index < -0.39 is 47.0 Å². The van der Waals surface area contributed by atoms with Crippen LogP contribution < -0.4 is 16.4 Å². The van der Waals surface area contributed by atoms with Crippen LogP contribution in [-0.2, 0) is 19.1 Å². The summed E-state index contributed by atoms with van der Waals surface area (Å²) < 4.78 is 5.29. The number of terminal acetylenes is 1. The van der Waals surface area contributed by atoms with E-state index in [1.807, 2.05) is 20.8 Å². The van der Waals surface area contributed by atoms with Crippen molar-refractivity contribution in [3.63, 3.8) is 0 Å². The molecule has 1 aromatic carbocycles. The van der Waals surface area contributed by atoms with Crippen LogP contribution >= 0.6 is 0 Å². The van der Waals surface area contributed by atoms with E-state index in [9.17, 15) is 19.2 Å². The highest BCUT2D eigenvalue weighted by atomic mass is 16.6. The summed E-state index contributed by atoms with van der Waals surface area (Å²) in [6.07, 6.45) is 5.86. The second-order valence-electron chi connectivity index (χ2n) is 10.4. The topological polar surface area (TPSA) is 131 Å². The van der Waals surface area contributed by atoms with Crippen LogP contribution in [0.4, 0.5) is 4.79 Å². The van der Waals surface area contributed by atoms with Gasteiger partial charge in [-0.3, -0.25) is 14.4 Å². The molecule has 9 nitrogen and oxygen atoms in total. The Morgan fingerprint density at radius 2 is 1.72 bits per heavy atom. The van der Waals surface area contributed by atoms with Crippen LogP contribution in [0.25, 0.3) is 0 Å². The number of benzene rings is 1. The predicted octanol–water partition coefficient (Wildman–Crippen LogP) is 2.80. The molecule has 2 atom stereocenters. The Morgan fingerprint density at radius 3 is 2.17 bits per heavy atom. The Bertz CT molecular complexity index is 997. The average Bonchev–Trinajstić information content (AvgIpc) is 2.73. The van der Waals surface area contributed by atoms with Gasteiger partial charge in [0.1, 0.15) is 17.7 Å². The van der Waals surface area contributed by atoms with E-state index in [1.165, 1.54) is 11.0 Å². The van der Waals surface area contributed by atoms with Gasteiger partial charge in [-0.05, 0) is 65.7 Å². The van der Waals surface area contributed by atoms with E-state index in [0.717, 1.165) is 0 Å². The smallest absolute Gasteiger partial charge is 0.408 e. The second kappa shape index (κ2) is 12.8. The van der Waals surface area contributed by atoms with Crippen molar-refractivity contribution in [3.8, 4) is 12.3 Å². The minimum atomic E-state index is -1.18. The number of nitrogens with one attached hydrogen (secondary N) is 2. The third-order valence-electron chi connectivity index (χ3n) is 4.73. The SMILES string of the molecule is C#Cc1ccc(C(C(=O)NC(C)(C)C)N(CC=C)C(=O)C(CCC(N)=O)NC(=O)OC(C)(C)C)cc1. The van der Waals surface area contributed by atoms with Crippen LogP contribution in [0, 0.1) is 12.3 Å². The van der Waals surface area contributed by atoms with Crippen LogP contribution in [0.1, 0.15) is 71.6 Å². The molecule has 0 heterocycles. The lowest BCUT2D eigenvalue weighted by Gasteiger charge is -2.35. The van der Waals surface area contributed by atoms with Gasteiger partial charge < -0.3 is 26.0 Å². The minimum absolute atomic E-state index is 0.0129. The molecular weight excluding hydrogens is 460 g/mol. The first-order valence-electron chi connectivity index (χ1n) is 11.7. The number of hydrogen-bond acceptors (Lipinski definition) is 5. The van der Waals surface area contributed by atoms with Crippen molar-refractivity contribution in [1.82, 2.24) is 15.5 Å². The molecule has 2 unspecified atom stereocenters. The van der Waals surface area contributed by atoms with Gasteiger partial charge in [0.15, 0.2) is 0 Å². The number of hydrogen-bond donors (Lipinski definition) is 3. The molecule has 1 aromatic rings. The first-order chi connectivity index (χ1) is 16.6. The maximum atomic E-state index is 13.8. The lowest BCUT2D eigenvalue weighted by Crippen LogP contribution is -2.54. The molecule has 0 bridgehead atoms. The summed E-state index contributed by atoms with van der Waals surface area (Å²) in [6, 6.07) is 4.44. The van der Waals surface area contributed by atoms with E-state index in [0.29, 0.717) is 11.1 Å². The van der Waals surface area contributed by atoms with Gasteiger partial charge in [-0.2, -0.15) is 0 Å². The Hall–Kier alpha value is -3.80. The van der Waals surface area contributed by atoms with Crippen molar-refractivity contribution in [2.75, 3.05) is 6.54 Å². The fourth-order valence-electron chi connectivity index (χ4n) is 3.33. The molecule has 1 rings (SSSR count). The summed E-state index contributed by atoms with van der Waals surface area (Å²) in [5.41, 5.74) is 5.03. The number of nitrogens with zero attached hydrogens (tertiary/aromatic N) is 1. The first-order valence-corrected chi connectivity index (χ1v) is 11.7. The van der Waals surface area contributed by atoms with E-state index >= 15 is 0 Å². The molecule has 0 spiro atoms. The van der Waals surface area contributed by atoms with E-state index in [4.69, 9.17) is 16.9 Å². The maximum Gasteiger partial charge on any atom is 0.408 e. The van der Waals surface area contributed by atoms with Gasteiger partial charge in [0, 0.05) is 24.1 Å². The number of nitrogens with two attached hydrogens (primary N) is 1. The summed E-state index contributed by atoms with van der Waals surface area (Å²) in [6.45, 7) is 14.2. The summed E-state index contributed by atoms with van der Waals surface area (Å²) in [4.78, 5) is 52.5. The third-order valence-corrected chi connectivity index (χ3v) is 4.73. The van der Waals surface area contributed by atoms with Gasteiger partial charge in [-0.1, -0.05) is 24.1 Å². The summed E-state index contributed by atoms with van der Waals surface area (Å²) in [7, 11) is 0. The molecule has 4 amide bonds. The third kappa shape index (κ3) is 10.2. The van der Waals surface area contributed by atoms with Gasteiger partial charge in [0.25, 0.3) is 0 Å². The van der Waals surface area contributed by atoms with Crippen molar-refractivity contribution >= 4 is 23.8 Å². The molecule has 0 aliphatic carbocycles. The molecule has 0 radical (unpaired) electrons. The van der Waals surface area contributed by atoms with Crippen molar-refractivity contribution < 1.29 is 23.9 Å². The lowest BCUT2D eigenvalue weighted by atomic mass is 9.99. The van der Waals surface area contributed by atoms with E-state index in [2.05, 4.69) is 23.1 Å². The van der Waals surface area contributed by atoms with Crippen molar-refractivity contribution in [1.29, 1.82) is 0 Å². The standard InChI is InChI=1S/C27H38N4O5/c1-9-17-31(24(34)20(15-16-21(28)32)29-25(35)36-27(6,7)8)22(23(33)30-26(3,4)5)19-13-11-18(10-2)12-14-19/h2,9,11-14,20,22H,1,15-17H2,3-8H3,(H2,28,32)(H,29,35)(H,30,33). The lowest BCUT2D eigenvalue weighted by molar-refractivity contribution is -0.142. The monoisotopic (exact) mass is 498 g/mol. The molecule has 0 saturated carbocycles. The highest BCUT2D eigenvalue weighted by molar-refractivity contribution is 5.92. The van der Waals surface area contributed by atoms with Gasteiger partial charge >= 0.3 is 6.09 Å². The Balaban J connectivity index is 3.50. The Labute approximate surface area is 213 Å². The van der Waals surface area contributed by atoms with Crippen LogP contribution in [0.15, 0.2) is 36.9 Å². The van der Waals surface area contributed by atoms with Gasteiger partial charge in [-0.15, -0.1) is 13.0 Å². The van der Waals surface area contributed by atoms with Crippen molar-refractivity contribution in [3.05, 3.63) is 48.0 Å². The normalized spacial score (nSPS) is 12.9. The predicted molar refractivity (Wildman–Crippen MR) is 139 cm³/mol. The van der Waals surface area contributed by atoms with Gasteiger partial charge in [0.2, 0.25) is 17.7 Å². The fraction of sp³-hybridized carbons (Fsp3) is 0.481. The summed E-state index contributed by atoms with van der Waals surface area (Å²) >= 11 is 0. The van der Waals surface area contributed by atoms with Gasteiger partial charge in [-0.25, -0.2) is 4.79 Å². The molecule has 36 heavy (non-hydrogen) atoms. The van der Waals surface area contributed by atoms with E-state index in [1.54, 1.807) is 45.0 Å². The molecule has 0 fully saturated rings. The van der Waals surface area contributed by atoms with E-state index in [-0.39, 0.29) is 19.4 Å². The largest absolute Gasteiger partial charge is 0.444 e. The highest BCUT2D eigenvalue weighted by Gasteiger charge is 2.36. The zero-order valence-electron chi connectivity index (χ0n) is 22.0. The molecule has 0 aliphatic heterocycles. The number of amides is 4. The quantitative estimate of drug-likeness (QED) is 0.337. The van der Waals surface area contributed by atoms with Crippen LogP contribution in [0.3, 0.4) is 0 Å². The average molecular weight is 499 g/mol. The summed E-state index contributed by atoms with van der Waals surface area (Å²) in [5.74, 6) is 0.850. The highest BCUT2D eigenvalue weighted by Crippen LogP contribution is 2.25. The molecule has 0 aromatic heterocycles. The second-order valence-corrected chi connectivity index (χ2v) is 10.4. The fourth-order valence-corrected chi connectivity index (χ4v) is 3.33. The molecule has 0 aliphatic rings. The molecule has 0 saturated heterocycles. The van der Waals surface area contributed by atoms with Gasteiger partial charge in [0.05, 0.1) is 0 Å². The zero-order valence-corrected chi connectivity index (χ0v) is 22.0. The molecule has 4 N–H and O–H groups in total. The molecular formula is C27H38N4O5. The van der Waals surface area contributed by atoms with Crippen molar-refractivity contribution in [2.24, 2.45) is 5.73 Å². The minimum Gasteiger partial charge on any atom is -0.444 e. The Kier molecular flexibility index (Phi) is 10.7. The number of rotatable bonds is 10. The Morgan fingerprint density at radius 1 is 1.14 bits per heavy atom. The van der Waals surface area contributed by atoms with Crippen LogP contribution in [0.2, 0.25) is 0 Å². The summed E-state index contributed by atoms with van der Waals surface area (Å²) in [5, 5.41) is 5.43. The molecule has 196 valence electrons. The van der Waals surface area contributed by atoms with Crippen LogP contribution in [-0.4, -0.2) is 52.4 Å². The number of ether oxygens (including phenoxy) is 1. The number of alkyl carbamates (subject to hydrolysis) is 1. The zero-order chi connectivity index (χ0) is 27.7. The maximum absolute atomic E-state index is 13.8. The number of primary amides is 1. The van der Waals surface area contributed by atoms with Crippen molar-refractivity contribution in [2.45, 2.75) is 77.6 Å². The first kappa shape index (κ1) is 30.2. The number of carbonyl (C=O) groups excluding carboxylic acids is 4. The number of carbonyl (C=O) groups is 4. The molecule has 9 heteroatoms. The van der Waals surface area contributed by atoms with Crippen LogP contribution in [0.5, 0.6) is 0 Å².